The second-order valence-corrected chi connectivity index (χ2v) is 3.98. The van der Waals surface area contributed by atoms with Crippen LogP contribution in [0.5, 0.6) is 0 Å². The van der Waals surface area contributed by atoms with Crippen LogP contribution in [0.2, 0.25) is 0 Å². The van der Waals surface area contributed by atoms with E-state index in [1.165, 1.54) is 6.33 Å². The maximum Gasteiger partial charge on any atom is 0.158 e. The van der Waals surface area contributed by atoms with E-state index in [0.29, 0.717) is 6.54 Å². The monoisotopic (exact) mass is 240 g/mol. The molecule has 0 atom stereocenters. The van der Waals surface area contributed by atoms with Gasteiger partial charge >= 0.3 is 0 Å². The highest BCUT2D eigenvalue weighted by atomic mass is 15.2. The lowest BCUT2D eigenvalue weighted by molar-refractivity contribution is 1.05. The van der Waals surface area contributed by atoms with Crippen molar-refractivity contribution in [1.82, 2.24) is 25.1 Å². The molecule has 3 rings (SSSR count). The smallest absolute Gasteiger partial charge is 0.158 e. The topological polar surface area (TPSA) is 79.4 Å². The van der Waals surface area contributed by atoms with Crippen LogP contribution in [0.1, 0.15) is 11.3 Å². The van der Waals surface area contributed by atoms with Crippen molar-refractivity contribution in [2.75, 3.05) is 5.32 Å². The van der Waals surface area contributed by atoms with Gasteiger partial charge in [-0.05, 0) is 18.6 Å². The summed E-state index contributed by atoms with van der Waals surface area (Å²) in [4.78, 5) is 12.5. The summed E-state index contributed by atoms with van der Waals surface area (Å²) < 4.78 is 0. The maximum absolute atomic E-state index is 4.21. The van der Waals surface area contributed by atoms with Gasteiger partial charge in [-0.1, -0.05) is 6.07 Å². The first-order valence-electron chi connectivity index (χ1n) is 5.63. The van der Waals surface area contributed by atoms with Gasteiger partial charge in [0.2, 0.25) is 0 Å². The van der Waals surface area contributed by atoms with E-state index in [9.17, 15) is 0 Å². The molecule has 0 fully saturated rings. The molecule has 0 aliphatic carbocycles. The van der Waals surface area contributed by atoms with E-state index in [1.807, 2.05) is 25.3 Å². The second-order valence-electron chi connectivity index (χ2n) is 3.98. The van der Waals surface area contributed by atoms with Crippen molar-refractivity contribution >= 4 is 16.9 Å². The van der Waals surface area contributed by atoms with Gasteiger partial charge in [0, 0.05) is 18.9 Å². The number of aromatic amines is 1. The summed E-state index contributed by atoms with van der Waals surface area (Å²) in [5.41, 5.74) is 3.64. The van der Waals surface area contributed by atoms with Crippen LogP contribution in [-0.4, -0.2) is 25.1 Å². The van der Waals surface area contributed by atoms with E-state index in [-0.39, 0.29) is 0 Å². The molecule has 0 aromatic carbocycles. The maximum atomic E-state index is 4.21. The van der Waals surface area contributed by atoms with Crippen LogP contribution in [0.15, 0.2) is 30.9 Å². The largest absolute Gasteiger partial charge is 0.364 e. The third-order valence-corrected chi connectivity index (χ3v) is 2.70. The summed E-state index contributed by atoms with van der Waals surface area (Å²) in [6, 6.07) is 3.92. The van der Waals surface area contributed by atoms with E-state index in [0.717, 1.165) is 28.1 Å². The van der Waals surface area contributed by atoms with Crippen molar-refractivity contribution in [3.8, 4) is 0 Å². The fourth-order valence-electron chi connectivity index (χ4n) is 1.77. The highest BCUT2D eigenvalue weighted by Gasteiger charge is 2.08. The molecule has 0 aliphatic rings. The second kappa shape index (κ2) is 4.40. The zero-order valence-corrected chi connectivity index (χ0v) is 9.88. The highest BCUT2D eigenvalue weighted by Crippen LogP contribution is 2.18. The molecule has 0 aliphatic heterocycles. The van der Waals surface area contributed by atoms with E-state index in [4.69, 9.17) is 0 Å². The molecule has 6 heteroatoms. The molecule has 3 aromatic heterocycles. The number of rotatable bonds is 3. The summed E-state index contributed by atoms with van der Waals surface area (Å²) in [6.07, 6.45) is 5.11. The van der Waals surface area contributed by atoms with Crippen LogP contribution < -0.4 is 5.32 Å². The van der Waals surface area contributed by atoms with Crippen LogP contribution in [0, 0.1) is 6.92 Å². The molecule has 3 aromatic rings. The van der Waals surface area contributed by atoms with Gasteiger partial charge in [-0.25, -0.2) is 9.97 Å². The van der Waals surface area contributed by atoms with Gasteiger partial charge in [0.05, 0.1) is 5.69 Å². The third kappa shape index (κ3) is 1.88. The lowest BCUT2D eigenvalue weighted by Gasteiger charge is -2.05. The first-order valence-corrected chi connectivity index (χ1v) is 5.63. The van der Waals surface area contributed by atoms with Crippen molar-refractivity contribution in [1.29, 1.82) is 0 Å². The molecule has 0 bridgehead atoms. The van der Waals surface area contributed by atoms with Gasteiger partial charge in [0.25, 0.3) is 0 Å². The Morgan fingerprint density at radius 2 is 2.22 bits per heavy atom. The fraction of sp³-hybridized carbons (Fsp3) is 0.167. The quantitative estimate of drug-likeness (QED) is 0.728. The van der Waals surface area contributed by atoms with E-state index in [1.54, 1.807) is 6.20 Å². The number of aromatic nitrogens is 5. The molecule has 18 heavy (non-hydrogen) atoms. The molecule has 0 radical (unpaired) electrons. The minimum absolute atomic E-state index is 0.659. The van der Waals surface area contributed by atoms with E-state index >= 15 is 0 Å². The Kier molecular flexibility index (Phi) is 2.60. The van der Waals surface area contributed by atoms with Crippen LogP contribution in [0.3, 0.4) is 0 Å². The first kappa shape index (κ1) is 10.6. The number of hydrogen-bond donors (Lipinski definition) is 2. The number of pyridine rings is 1. The molecule has 0 amide bonds. The molecule has 0 spiro atoms. The van der Waals surface area contributed by atoms with E-state index in [2.05, 4.69) is 30.5 Å². The van der Waals surface area contributed by atoms with Crippen molar-refractivity contribution in [2.45, 2.75) is 13.5 Å². The van der Waals surface area contributed by atoms with Crippen LogP contribution in [-0.2, 0) is 6.54 Å². The van der Waals surface area contributed by atoms with Crippen LogP contribution in [0.25, 0.3) is 11.0 Å². The molecule has 0 saturated heterocycles. The SMILES string of the molecule is Cc1[nH]nc2c(NCc3cccnc3)ncnc12. The van der Waals surface area contributed by atoms with Gasteiger partial charge in [0.1, 0.15) is 11.8 Å². The Morgan fingerprint density at radius 3 is 3.06 bits per heavy atom. The first-order chi connectivity index (χ1) is 8.84. The molecule has 6 nitrogen and oxygen atoms in total. The molecule has 3 heterocycles. The van der Waals surface area contributed by atoms with Crippen molar-refractivity contribution in [2.24, 2.45) is 0 Å². The summed E-state index contributed by atoms with van der Waals surface area (Å²) in [7, 11) is 0. The number of nitrogens with one attached hydrogen (secondary N) is 2. The minimum Gasteiger partial charge on any atom is -0.364 e. The lowest BCUT2D eigenvalue weighted by atomic mass is 10.3. The Labute approximate surface area is 104 Å². The number of anilines is 1. The summed E-state index contributed by atoms with van der Waals surface area (Å²) >= 11 is 0. The molecule has 0 saturated carbocycles. The summed E-state index contributed by atoms with van der Waals surface area (Å²) in [5, 5.41) is 10.4. The molecule has 2 N–H and O–H groups in total. The van der Waals surface area contributed by atoms with Crippen molar-refractivity contribution < 1.29 is 0 Å². The zero-order valence-electron chi connectivity index (χ0n) is 9.88. The molecule has 0 unspecified atom stereocenters. The Bertz CT molecular complexity index is 661. The molecule has 90 valence electrons. The van der Waals surface area contributed by atoms with Crippen LogP contribution >= 0.6 is 0 Å². The van der Waals surface area contributed by atoms with Gasteiger partial charge in [-0.15, -0.1) is 0 Å². The lowest BCUT2D eigenvalue weighted by Crippen LogP contribution is -2.02. The predicted molar refractivity (Wildman–Crippen MR) is 68.0 cm³/mol. The van der Waals surface area contributed by atoms with Gasteiger partial charge in [0.15, 0.2) is 11.3 Å². The van der Waals surface area contributed by atoms with Gasteiger partial charge in [-0.3, -0.25) is 10.1 Å². The number of nitrogens with zero attached hydrogens (tertiary/aromatic N) is 4. The van der Waals surface area contributed by atoms with Gasteiger partial charge < -0.3 is 5.32 Å². The average Bonchev–Trinajstić information content (AvgIpc) is 2.80. The predicted octanol–water partition coefficient (Wildman–Crippen LogP) is 1.67. The molecular weight excluding hydrogens is 228 g/mol. The normalized spacial score (nSPS) is 10.7. The van der Waals surface area contributed by atoms with Crippen molar-refractivity contribution in [3.63, 3.8) is 0 Å². The Hall–Kier alpha value is -2.50. The zero-order chi connectivity index (χ0) is 12.4. The van der Waals surface area contributed by atoms with Crippen molar-refractivity contribution in [3.05, 3.63) is 42.1 Å². The Morgan fingerprint density at radius 1 is 1.28 bits per heavy atom. The van der Waals surface area contributed by atoms with Crippen LogP contribution in [0.4, 0.5) is 5.82 Å². The Balaban J connectivity index is 1.87. The molecular formula is C12H12N6. The highest BCUT2D eigenvalue weighted by molar-refractivity contribution is 5.86. The van der Waals surface area contributed by atoms with E-state index < -0.39 is 0 Å². The van der Waals surface area contributed by atoms with Gasteiger partial charge in [-0.2, -0.15) is 5.10 Å². The standard InChI is InChI=1S/C12H12N6/c1-8-10-11(18-17-8)12(16-7-15-10)14-6-9-3-2-4-13-5-9/h2-5,7H,6H2,1H3,(H,17,18)(H,14,15,16). The number of aryl methyl sites for hydroxylation is 1. The number of fused-ring (bicyclic) bond motifs is 1. The third-order valence-electron chi connectivity index (χ3n) is 2.70. The summed E-state index contributed by atoms with van der Waals surface area (Å²) in [5.74, 6) is 0.730. The minimum atomic E-state index is 0.659. The average molecular weight is 240 g/mol. The summed E-state index contributed by atoms with van der Waals surface area (Å²) in [6.45, 7) is 2.60. The fourth-order valence-corrected chi connectivity index (χ4v) is 1.77. The number of H-pyrrole nitrogens is 1. The number of hydrogen-bond acceptors (Lipinski definition) is 5.